The van der Waals surface area contributed by atoms with E-state index >= 15 is 0 Å². The summed E-state index contributed by atoms with van der Waals surface area (Å²) in [6, 6.07) is -0.867. The highest BCUT2D eigenvalue weighted by Crippen LogP contribution is 2.02. The molecule has 1 aromatic rings. The van der Waals surface area contributed by atoms with Gasteiger partial charge in [-0.2, -0.15) is 4.98 Å². The average molecular weight is 241 g/mol. The van der Waals surface area contributed by atoms with Gasteiger partial charge in [0.1, 0.15) is 6.04 Å². The zero-order valence-corrected chi connectivity index (χ0v) is 9.77. The van der Waals surface area contributed by atoms with Crippen LogP contribution in [0.2, 0.25) is 0 Å². The van der Waals surface area contributed by atoms with Crippen LogP contribution in [-0.4, -0.2) is 33.2 Å². The minimum Gasteiger partial charge on any atom is -0.480 e. The van der Waals surface area contributed by atoms with Crippen LogP contribution < -0.4 is 5.32 Å². The van der Waals surface area contributed by atoms with E-state index in [1.165, 1.54) is 6.92 Å². The molecule has 0 fully saturated rings. The Labute approximate surface area is 98.2 Å². The van der Waals surface area contributed by atoms with Crippen LogP contribution in [0.25, 0.3) is 0 Å². The zero-order valence-electron chi connectivity index (χ0n) is 9.77. The highest BCUT2D eigenvalue weighted by Gasteiger charge is 2.13. The molecule has 0 aliphatic rings. The Balaban J connectivity index is 2.22. The molecular weight excluding hydrogens is 226 g/mol. The molecule has 0 aliphatic carbocycles. The quantitative estimate of drug-likeness (QED) is 0.741. The summed E-state index contributed by atoms with van der Waals surface area (Å²) >= 11 is 0. The molecule has 0 bridgehead atoms. The van der Waals surface area contributed by atoms with E-state index in [9.17, 15) is 9.59 Å². The Bertz CT molecular complexity index is 402. The van der Waals surface area contributed by atoms with E-state index < -0.39 is 12.0 Å². The number of aromatic nitrogens is 2. The van der Waals surface area contributed by atoms with Gasteiger partial charge in [-0.1, -0.05) is 5.16 Å². The molecule has 94 valence electrons. The first-order chi connectivity index (χ1) is 7.99. The lowest BCUT2D eigenvalue weighted by molar-refractivity contribution is -0.141. The second kappa shape index (κ2) is 5.97. The summed E-state index contributed by atoms with van der Waals surface area (Å²) in [5.41, 5.74) is 0. The van der Waals surface area contributed by atoms with Gasteiger partial charge in [-0.15, -0.1) is 0 Å². The predicted molar refractivity (Wildman–Crippen MR) is 57.2 cm³/mol. The molecule has 1 amide bonds. The molecule has 17 heavy (non-hydrogen) atoms. The highest BCUT2D eigenvalue weighted by molar-refractivity contribution is 5.83. The van der Waals surface area contributed by atoms with Crippen LogP contribution in [0.3, 0.4) is 0 Å². The first-order valence-electron chi connectivity index (χ1n) is 5.30. The second-order valence-electron chi connectivity index (χ2n) is 3.72. The van der Waals surface area contributed by atoms with Gasteiger partial charge in [-0.05, 0) is 20.3 Å². The first-order valence-corrected chi connectivity index (χ1v) is 5.30. The Morgan fingerprint density at radius 2 is 2.24 bits per heavy atom. The predicted octanol–water partition coefficient (Wildman–Crippen LogP) is 0.290. The number of aliphatic carboxylic acids is 1. The maximum Gasteiger partial charge on any atom is 0.325 e. The minimum absolute atomic E-state index is 0.235. The van der Waals surface area contributed by atoms with Crippen molar-refractivity contribution >= 4 is 11.9 Å². The van der Waals surface area contributed by atoms with Gasteiger partial charge in [0.05, 0.1) is 0 Å². The summed E-state index contributed by atoms with van der Waals surface area (Å²) in [6.07, 6.45) is 1.29. The summed E-state index contributed by atoms with van der Waals surface area (Å²) in [5.74, 6) is -0.299. The summed E-state index contributed by atoms with van der Waals surface area (Å²) in [6.45, 7) is 3.13. The summed E-state index contributed by atoms with van der Waals surface area (Å²) in [4.78, 5) is 25.8. The van der Waals surface area contributed by atoms with Crippen LogP contribution >= 0.6 is 0 Å². The number of carboxylic acid groups (broad SMARTS) is 1. The van der Waals surface area contributed by atoms with Gasteiger partial charge in [0.15, 0.2) is 5.82 Å². The topological polar surface area (TPSA) is 105 Å². The van der Waals surface area contributed by atoms with Crippen molar-refractivity contribution in [2.45, 2.75) is 39.2 Å². The van der Waals surface area contributed by atoms with Crippen molar-refractivity contribution in [2.24, 2.45) is 0 Å². The molecule has 0 saturated carbocycles. The van der Waals surface area contributed by atoms with E-state index in [2.05, 4.69) is 15.5 Å². The maximum absolute atomic E-state index is 11.3. The molecule has 0 aromatic carbocycles. The number of carboxylic acids is 1. The van der Waals surface area contributed by atoms with Crippen molar-refractivity contribution in [2.75, 3.05) is 0 Å². The van der Waals surface area contributed by atoms with Crippen molar-refractivity contribution < 1.29 is 19.2 Å². The third-order valence-corrected chi connectivity index (χ3v) is 2.11. The van der Waals surface area contributed by atoms with Crippen molar-refractivity contribution in [1.29, 1.82) is 0 Å². The van der Waals surface area contributed by atoms with Crippen LogP contribution in [0.15, 0.2) is 4.52 Å². The van der Waals surface area contributed by atoms with Crippen LogP contribution in [0.4, 0.5) is 0 Å². The minimum atomic E-state index is -1.05. The number of nitrogens with one attached hydrogen (secondary N) is 1. The molecule has 1 atom stereocenters. The Morgan fingerprint density at radius 1 is 1.53 bits per heavy atom. The summed E-state index contributed by atoms with van der Waals surface area (Å²) in [7, 11) is 0. The van der Waals surface area contributed by atoms with E-state index in [0.29, 0.717) is 24.6 Å². The van der Waals surface area contributed by atoms with Gasteiger partial charge in [-0.3, -0.25) is 9.59 Å². The van der Waals surface area contributed by atoms with Gasteiger partial charge in [0.2, 0.25) is 11.8 Å². The van der Waals surface area contributed by atoms with Crippen molar-refractivity contribution in [3.05, 3.63) is 11.7 Å². The van der Waals surface area contributed by atoms with E-state index in [1.807, 2.05) is 0 Å². The molecule has 2 N–H and O–H groups in total. The fourth-order valence-corrected chi connectivity index (χ4v) is 1.22. The van der Waals surface area contributed by atoms with Crippen LogP contribution in [-0.2, 0) is 16.0 Å². The monoisotopic (exact) mass is 241 g/mol. The number of nitrogens with zero attached hydrogens (tertiary/aromatic N) is 2. The van der Waals surface area contributed by atoms with Crippen LogP contribution in [0.1, 0.15) is 31.5 Å². The van der Waals surface area contributed by atoms with E-state index in [0.717, 1.165) is 0 Å². The number of hydrogen-bond donors (Lipinski definition) is 2. The molecule has 1 aromatic heterocycles. The van der Waals surface area contributed by atoms with Crippen LogP contribution in [0, 0.1) is 6.92 Å². The lowest BCUT2D eigenvalue weighted by atomic mass is 10.2. The molecule has 1 heterocycles. The van der Waals surface area contributed by atoms with E-state index in [1.54, 1.807) is 6.92 Å². The highest BCUT2D eigenvalue weighted by atomic mass is 16.5. The van der Waals surface area contributed by atoms with Gasteiger partial charge < -0.3 is 14.9 Å². The van der Waals surface area contributed by atoms with Crippen molar-refractivity contribution in [3.8, 4) is 0 Å². The number of hydrogen-bond acceptors (Lipinski definition) is 5. The van der Waals surface area contributed by atoms with E-state index in [4.69, 9.17) is 9.63 Å². The Hall–Kier alpha value is -1.92. The Kier molecular flexibility index (Phi) is 4.62. The molecule has 7 nitrogen and oxygen atoms in total. The molecule has 0 aliphatic heterocycles. The molecule has 0 radical (unpaired) electrons. The standard InChI is InChI=1S/C10H15N3O4/c1-6(10(15)16)11-8(14)4-3-5-9-12-7(2)13-17-9/h6H,3-5H2,1-2H3,(H,11,14)(H,15,16)/t6-/m1/s1. The van der Waals surface area contributed by atoms with Gasteiger partial charge in [0, 0.05) is 12.8 Å². The summed E-state index contributed by atoms with van der Waals surface area (Å²) < 4.78 is 4.88. The molecule has 7 heteroatoms. The third kappa shape index (κ3) is 4.62. The number of carbonyl (C=O) groups excluding carboxylic acids is 1. The molecule has 0 unspecified atom stereocenters. The van der Waals surface area contributed by atoms with E-state index in [-0.39, 0.29) is 12.3 Å². The SMILES string of the molecule is Cc1noc(CCCC(=O)N[C@H](C)C(=O)O)n1. The molecule has 0 saturated heterocycles. The molecular formula is C10H15N3O4. The fourth-order valence-electron chi connectivity index (χ4n) is 1.22. The number of carbonyl (C=O) groups is 2. The van der Waals surface area contributed by atoms with Gasteiger partial charge >= 0.3 is 5.97 Å². The Morgan fingerprint density at radius 3 is 2.76 bits per heavy atom. The molecule has 1 rings (SSSR count). The molecule has 0 spiro atoms. The number of aryl methyl sites for hydroxylation is 2. The normalized spacial score (nSPS) is 12.1. The smallest absolute Gasteiger partial charge is 0.325 e. The number of amides is 1. The van der Waals surface area contributed by atoms with Gasteiger partial charge in [0.25, 0.3) is 0 Å². The second-order valence-corrected chi connectivity index (χ2v) is 3.72. The first kappa shape index (κ1) is 13.1. The fraction of sp³-hybridized carbons (Fsp3) is 0.600. The summed E-state index contributed by atoms with van der Waals surface area (Å²) in [5, 5.41) is 14.6. The number of rotatable bonds is 6. The lowest BCUT2D eigenvalue weighted by Crippen LogP contribution is -2.38. The third-order valence-electron chi connectivity index (χ3n) is 2.11. The lowest BCUT2D eigenvalue weighted by Gasteiger charge is -2.08. The van der Waals surface area contributed by atoms with Crippen molar-refractivity contribution in [1.82, 2.24) is 15.5 Å². The zero-order chi connectivity index (χ0) is 12.8. The average Bonchev–Trinajstić information content (AvgIpc) is 2.64. The largest absolute Gasteiger partial charge is 0.480 e. The van der Waals surface area contributed by atoms with Crippen LogP contribution in [0.5, 0.6) is 0 Å². The maximum atomic E-state index is 11.3. The van der Waals surface area contributed by atoms with Gasteiger partial charge in [-0.25, -0.2) is 0 Å². The van der Waals surface area contributed by atoms with Crippen molar-refractivity contribution in [3.63, 3.8) is 0 Å².